The second-order valence-electron chi connectivity index (χ2n) is 6.19. The van der Waals surface area contributed by atoms with E-state index in [0.29, 0.717) is 19.0 Å². The summed E-state index contributed by atoms with van der Waals surface area (Å²) in [6, 6.07) is -0.0679. The van der Waals surface area contributed by atoms with E-state index >= 15 is 0 Å². The van der Waals surface area contributed by atoms with Crippen molar-refractivity contribution in [2.75, 3.05) is 26.2 Å². The minimum absolute atomic E-state index is 0. The van der Waals surface area contributed by atoms with Crippen LogP contribution in [0.5, 0.6) is 0 Å². The van der Waals surface area contributed by atoms with Gasteiger partial charge in [0.2, 0.25) is 5.91 Å². The van der Waals surface area contributed by atoms with E-state index in [9.17, 15) is 4.79 Å². The van der Waals surface area contributed by atoms with E-state index in [0.717, 1.165) is 25.9 Å². The molecular formula is C15H33Cl2N3O2. The fourth-order valence-electron chi connectivity index (χ4n) is 2.92. The maximum absolute atomic E-state index is 12.4. The highest BCUT2D eigenvalue weighted by Crippen LogP contribution is 2.18. The number of rotatable bonds is 7. The summed E-state index contributed by atoms with van der Waals surface area (Å²) in [6.07, 6.45) is 2.27. The molecule has 134 valence electrons. The average molecular weight is 358 g/mol. The summed E-state index contributed by atoms with van der Waals surface area (Å²) in [5.74, 6) is 0.431. The predicted molar refractivity (Wildman–Crippen MR) is 96.0 cm³/mol. The lowest BCUT2D eigenvalue weighted by Crippen LogP contribution is -2.57. The normalized spacial score (nSPS) is 23.4. The van der Waals surface area contributed by atoms with Gasteiger partial charge in [0.15, 0.2) is 0 Å². The van der Waals surface area contributed by atoms with Crippen molar-refractivity contribution < 1.29 is 9.53 Å². The van der Waals surface area contributed by atoms with E-state index in [-0.39, 0.29) is 49.0 Å². The summed E-state index contributed by atoms with van der Waals surface area (Å²) in [5.41, 5.74) is 5.47. The number of ether oxygens (including phenoxy) is 1. The Morgan fingerprint density at radius 3 is 2.23 bits per heavy atom. The number of carbonyl (C=O) groups is 1. The van der Waals surface area contributed by atoms with Gasteiger partial charge >= 0.3 is 0 Å². The Morgan fingerprint density at radius 1 is 1.23 bits per heavy atom. The number of halogens is 2. The van der Waals surface area contributed by atoms with Crippen LogP contribution in [-0.4, -0.2) is 55.2 Å². The first kappa shape index (κ1) is 24.2. The quantitative estimate of drug-likeness (QED) is 0.682. The number of hydrogen-bond donors (Lipinski definition) is 2. The summed E-state index contributed by atoms with van der Waals surface area (Å²) < 4.78 is 5.75. The van der Waals surface area contributed by atoms with Crippen LogP contribution < -0.4 is 11.1 Å². The predicted octanol–water partition coefficient (Wildman–Crippen LogP) is 1.82. The van der Waals surface area contributed by atoms with Crippen LogP contribution in [-0.2, 0) is 9.53 Å². The number of nitrogens with one attached hydrogen (secondary N) is 1. The van der Waals surface area contributed by atoms with Gasteiger partial charge in [0.05, 0.1) is 18.2 Å². The van der Waals surface area contributed by atoms with Crippen LogP contribution in [0.15, 0.2) is 0 Å². The standard InChI is InChI=1S/C15H31N3O2.2ClH/c1-11(2)14(15(19)17-8-6-5-7-16)18-9-12(3)20-13(4)10-18;;/h11-14H,5-10,16H2,1-4H3,(H,17,19);2*1H. The van der Waals surface area contributed by atoms with Crippen molar-refractivity contribution in [1.29, 1.82) is 0 Å². The maximum atomic E-state index is 12.4. The number of carbonyl (C=O) groups excluding carboxylic acids is 1. The van der Waals surface area contributed by atoms with Gasteiger partial charge in [-0.15, -0.1) is 24.8 Å². The second-order valence-corrected chi connectivity index (χ2v) is 6.19. The lowest BCUT2D eigenvalue weighted by Gasteiger charge is -2.41. The van der Waals surface area contributed by atoms with Crippen molar-refractivity contribution in [3.05, 3.63) is 0 Å². The molecule has 0 aromatic carbocycles. The van der Waals surface area contributed by atoms with Gasteiger partial charge in [-0.3, -0.25) is 9.69 Å². The largest absolute Gasteiger partial charge is 0.373 e. The highest BCUT2D eigenvalue weighted by atomic mass is 35.5. The Kier molecular flexibility index (Phi) is 13.6. The molecule has 0 aromatic heterocycles. The Bertz CT molecular complexity index is 297. The summed E-state index contributed by atoms with van der Waals surface area (Å²) >= 11 is 0. The minimum atomic E-state index is -0.0679. The molecule has 3 unspecified atom stereocenters. The molecule has 22 heavy (non-hydrogen) atoms. The van der Waals surface area contributed by atoms with Crippen molar-refractivity contribution in [3.63, 3.8) is 0 Å². The highest BCUT2D eigenvalue weighted by Gasteiger charge is 2.33. The first-order chi connectivity index (χ1) is 9.45. The fraction of sp³-hybridized carbons (Fsp3) is 0.933. The molecule has 0 bridgehead atoms. The van der Waals surface area contributed by atoms with Crippen LogP contribution in [0.2, 0.25) is 0 Å². The number of amides is 1. The van der Waals surface area contributed by atoms with Gasteiger partial charge in [0.25, 0.3) is 0 Å². The molecule has 0 radical (unpaired) electrons. The lowest BCUT2D eigenvalue weighted by atomic mass is 9.99. The zero-order chi connectivity index (χ0) is 15.1. The van der Waals surface area contributed by atoms with Crippen LogP contribution in [0, 0.1) is 5.92 Å². The molecular weight excluding hydrogens is 325 g/mol. The van der Waals surface area contributed by atoms with Gasteiger partial charge in [-0.25, -0.2) is 0 Å². The first-order valence-corrected chi connectivity index (χ1v) is 7.83. The molecule has 7 heteroatoms. The molecule has 0 aromatic rings. The molecule has 0 spiro atoms. The van der Waals surface area contributed by atoms with Crippen LogP contribution >= 0.6 is 24.8 Å². The van der Waals surface area contributed by atoms with Crippen LogP contribution in [0.25, 0.3) is 0 Å². The van der Waals surface area contributed by atoms with E-state index in [1.54, 1.807) is 0 Å². The lowest BCUT2D eigenvalue weighted by molar-refractivity contribution is -0.135. The minimum Gasteiger partial charge on any atom is -0.373 e. The molecule has 3 atom stereocenters. The molecule has 1 rings (SSSR count). The van der Waals surface area contributed by atoms with Crippen LogP contribution in [0.3, 0.4) is 0 Å². The van der Waals surface area contributed by atoms with Crippen molar-refractivity contribution >= 4 is 30.7 Å². The zero-order valence-corrected chi connectivity index (χ0v) is 15.8. The number of hydrogen-bond acceptors (Lipinski definition) is 4. The van der Waals surface area contributed by atoms with E-state index in [2.05, 4.69) is 37.9 Å². The van der Waals surface area contributed by atoms with E-state index in [4.69, 9.17) is 10.5 Å². The third kappa shape index (κ3) is 7.97. The molecule has 3 N–H and O–H groups in total. The van der Waals surface area contributed by atoms with Gasteiger partial charge in [-0.2, -0.15) is 0 Å². The fourth-order valence-corrected chi connectivity index (χ4v) is 2.92. The molecule has 0 aliphatic carbocycles. The molecule has 0 saturated carbocycles. The first-order valence-electron chi connectivity index (χ1n) is 7.83. The number of nitrogens with zero attached hydrogens (tertiary/aromatic N) is 1. The smallest absolute Gasteiger partial charge is 0.237 e. The Labute approximate surface area is 147 Å². The summed E-state index contributed by atoms with van der Waals surface area (Å²) in [7, 11) is 0. The van der Waals surface area contributed by atoms with Gasteiger partial charge in [-0.1, -0.05) is 13.8 Å². The van der Waals surface area contributed by atoms with Gasteiger partial charge in [-0.05, 0) is 39.2 Å². The average Bonchev–Trinajstić information content (AvgIpc) is 2.33. The van der Waals surface area contributed by atoms with Crippen molar-refractivity contribution in [3.8, 4) is 0 Å². The second kappa shape index (κ2) is 12.4. The molecule has 5 nitrogen and oxygen atoms in total. The van der Waals surface area contributed by atoms with Gasteiger partial charge in [0, 0.05) is 19.6 Å². The number of unbranched alkanes of at least 4 members (excludes halogenated alkanes) is 1. The molecule has 1 fully saturated rings. The van der Waals surface area contributed by atoms with Crippen LogP contribution in [0.1, 0.15) is 40.5 Å². The monoisotopic (exact) mass is 357 g/mol. The zero-order valence-electron chi connectivity index (χ0n) is 14.2. The summed E-state index contributed by atoms with van der Waals surface area (Å²) in [6.45, 7) is 11.4. The van der Waals surface area contributed by atoms with Crippen molar-refractivity contribution in [2.45, 2.75) is 58.8 Å². The molecule has 1 amide bonds. The van der Waals surface area contributed by atoms with Crippen molar-refractivity contribution in [2.24, 2.45) is 11.7 Å². The Hall–Kier alpha value is -0.0700. The third-order valence-corrected chi connectivity index (χ3v) is 3.67. The maximum Gasteiger partial charge on any atom is 0.237 e. The summed E-state index contributed by atoms with van der Waals surface area (Å²) in [4.78, 5) is 14.7. The van der Waals surface area contributed by atoms with Crippen molar-refractivity contribution in [1.82, 2.24) is 10.2 Å². The topological polar surface area (TPSA) is 67.6 Å². The SMILES string of the molecule is CC1CN(C(C(=O)NCCCCN)C(C)C)CC(C)O1.Cl.Cl. The number of nitrogens with two attached hydrogens (primary N) is 1. The molecule has 1 saturated heterocycles. The number of morpholine rings is 1. The van der Waals surface area contributed by atoms with Crippen LogP contribution in [0.4, 0.5) is 0 Å². The molecule has 1 heterocycles. The van der Waals surface area contributed by atoms with E-state index in [1.165, 1.54) is 0 Å². The van der Waals surface area contributed by atoms with Gasteiger partial charge in [0.1, 0.15) is 0 Å². The third-order valence-electron chi connectivity index (χ3n) is 3.67. The molecule has 1 aliphatic rings. The van der Waals surface area contributed by atoms with E-state index < -0.39 is 0 Å². The summed E-state index contributed by atoms with van der Waals surface area (Å²) in [5, 5.41) is 3.05. The Morgan fingerprint density at radius 2 is 1.77 bits per heavy atom. The molecule has 1 aliphatic heterocycles. The highest BCUT2D eigenvalue weighted by molar-refractivity contribution is 5.85. The van der Waals surface area contributed by atoms with Gasteiger partial charge < -0.3 is 15.8 Å². The Balaban J connectivity index is 0. The van der Waals surface area contributed by atoms with E-state index in [1.807, 2.05) is 0 Å².